The summed E-state index contributed by atoms with van der Waals surface area (Å²) in [7, 11) is 0. The molecule has 4 rings (SSSR count). The maximum absolute atomic E-state index is 15.2. The van der Waals surface area contributed by atoms with Crippen LogP contribution in [0.5, 0.6) is 0 Å². The largest absolute Gasteiger partial charge is 0.396 e. The molecule has 3 aromatic rings. The number of para-hydroxylation sites is 1. The highest BCUT2D eigenvalue weighted by molar-refractivity contribution is 6.02. The van der Waals surface area contributed by atoms with E-state index in [1.165, 1.54) is 0 Å². The second-order valence-corrected chi connectivity index (χ2v) is 30.4. The molecule has 1 aliphatic heterocycles. The first-order valence-electron chi connectivity index (χ1n) is 39.8. The molecule has 1 fully saturated rings. The number of ketones is 5. The van der Waals surface area contributed by atoms with Gasteiger partial charge in [-0.05, 0) is 99.2 Å². The van der Waals surface area contributed by atoms with Crippen molar-refractivity contribution in [2.45, 2.75) is 232 Å². The molecule has 0 bridgehead atoms. The van der Waals surface area contributed by atoms with Crippen LogP contribution >= 0.6 is 0 Å². The number of primary amides is 1. The molecule has 2 aromatic carbocycles. The third-order valence-electron chi connectivity index (χ3n) is 20.1. The van der Waals surface area contributed by atoms with Gasteiger partial charge in [0.05, 0.1) is 43.3 Å². The van der Waals surface area contributed by atoms with Crippen LogP contribution in [0.1, 0.15) is 194 Å². The van der Waals surface area contributed by atoms with E-state index in [2.05, 4.69) is 51.9 Å². The van der Waals surface area contributed by atoms with Crippen LogP contribution in [-0.4, -0.2) is 195 Å². The first kappa shape index (κ1) is 97.3. The summed E-state index contributed by atoms with van der Waals surface area (Å²) in [4.78, 5) is 226. The molecule has 36 nitrogen and oxygen atoms in total. The molecule has 0 radical (unpaired) electrons. The van der Waals surface area contributed by atoms with Crippen LogP contribution in [-0.2, 0) is 89.6 Å². The zero-order valence-electron chi connectivity index (χ0n) is 67.5. The summed E-state index contributed by atoms with van der Waals surface area (Å²) in [6.07, 6.45) is 0.951. The van der Waals surface area contributed by atoms with Crippen LogP contribution in [0.3, 0.4) is 0 Å². The number of aromatic amines is 1. The number of carbonyl (C=O) groups is 15. The average molecular weight is 1620 g/mol. The van der Waals surface area contributed by atoms with Gasteiger partial charge in [0.15, 0.2) is 46.8 Å². The highest BCUT2D eigenvalue weighted by Crippen LogP contribution is 2.26. The molecule has 640 valence electrons. The van der Waals surface area contributed by atoms with Crippen molar-refractivity contribution >= 4 is 117 Å². The van der Waals surface area contributed by atoms with Gasteiger partial charge in [-0.25, -0.2) is 4.79 Å². The van der Waals surface area contributed by atoms with Crippen LogP contribution in [0.4, 0.5) is 0 Å². The number of hydrogen-bond acceptors (Lipinski definition) is 21. The van der Waals surface area contributed by atoms with Crippen LogP contribution in [0.2, 0.25) is 0 Å². The van der Waals surface area contributed by atoms with Crippen molar-refractivity contribution in [3.8, 4) is 0 Å². The minimum atomic E-state index is -1.52. The first-order chi connectivity index (χ1) is 55.0. The Morgan fingerprint density at radius 1 is 0.483 bits per heavy atom. The molecular formula is C80H122N18O18. The summed E-state index contributed by atoms with van der Waals surface area (Å²) in [5.74, 6) is -16.9. The molecule has 23 N–H and O–H groups in total. The zero-order chi connectivity index (χ0) is 86.1. The fourth-order valence-electron chi connectivity index (χ4n) is 13.3. The third kappa shape index (κ3) is 35.0. The number of nitrogens with two attached hydrogens (primary N) is 7. The third-order valence-corrected chi connectivity index (χ3v) is 20.1. The zero-order valence-corrected chi connectivity index (χ0v) is 67.5. The number of amides is 9. The number of hydrogen-bond donors (Lipinski definition) is 16. The Labute approximate surface area is 676 Å². The standard InChI is InChI=1S/C80H122N18O18/c1-7-48(6)72(65(105)42-54(44-99)73(81)111)97-75(113)51(23-18-34-89-79(84)85)39-62(102)57(26-19-35-90-80(86)87)93-76(114)52(37-49-20-11-10-12-21-49)41-64(104)58(36-46(2)3)94-74(112)50(22-17-33-88-78(82)83)40-63(103)59(38-53-43-91-56-25-16-15-24-55(53)56)92-67(107)30-29-61(101)60(45-100)95-77(115)71(47(4)5)96-66(106)27-13-8-9-14-28-70(110)116-98-68(108)31-32-69(98)109/h10-12,15-16,20-21,24-25,43,46-48,50-52,54,57-60,71-72,91,99-100H,7-9,13-14,17-19,22-23,26-42,44-45H2,1-6H3,(H2,81,111)(H,92,107)(H,93,114)(H,94,112)(H,95,115)(H,96,106)(H,97,113)(H4,82,83,88)(H4,84,85,89)(H4,86,87,90)/t48-,50-,51-,52-,54+,57-,58-,59-,60-,71+,72+/m1/s1. The predicted octanol–water partition coefficient (Wildman–Crippen LogP) is 0.839. The molecule has 9 amide bonds. The number of Topliss-reactive ketones (excluding diaryl/α,β-unsaturated/α-hetero) is 5. The number of rotatable bonds is 58. The SMILES string of the molecule is CC[C@@H](C)[C@H](NC(=O)[C@H](CCCN=C(N)N)CC(=O)[C@@H](CCCN=C(N)N)NC(=O)[C@@H](CC(=O)[C@@H](CC(C)C)NC(=O)[C@H](CCCN=C(N)N)CC(=O)[C@@H](Cc1c[nH]c2ccccc12)NC(=O)CCC(=O)[C@@H](CO)NC(=O)[C@@H](NC(=O)CCCCCCC(=O)ON1C(=O)CCC1=O)C(C)C)Cc1ccccc1)C(=O)C[C@@H](CO)C(N)=O. The molecule has 0 spiro atoms. The Morgan fingerprint density at radius 3 is 1.53 bits per heavy atom. The first-order valence-corrected chi connectivity index (χ1v) is 39.8. The predicted molar refractivity (Wildman–Crippen MR) is 432 cm³/mol. The van der Waals surface area contributed by atoms with E-state index >= 15 is 19.2 Å². The van der Waals surface area contributed by atoms with Crippen molar-refractivity contribution in [2.75, 3.05) is 32.8 Å². The Balaban J connectivity index is 1.60. The van der Waals surface area contributed by atoms with Gasteiger partial charge in [0.25, 0.3) is 11.8 Å². The normalized spacial score (nSPS) is 14.9. The molecular weight excluding hydrogens is 1500 g/mol. The van der Waals surface area contributed by atoms with Gasteiger partial charge in [-0.3, -0.25) is 82.1 Å². The average Bonchev–Trinajstić information content (AvgIpc) is 1.61. The minimum absolute atomic E-state index is 0.00300. The topological polar surface area (TPSA) is 616 Å². The second-order valence-electron chi connectivity index (χ2n) is 30.4. The number of H-pyrrole nitrogens is 1. The summed E-state index contributed by atoms with van der Waals surface area (Å²) >= 11 is 0. The number of imide groups is 1. The summed E-state index contributed by atoms with van der Waals surface area (Å²) in [6, 6.07) is 8.15. The van der Waals surface area contributed by atoms with Gasteiger partial charge in [0.1, 0.15) is 12.1 Å². The lowest BCUT2D eigenvalue weighted by Gasteiger charge is -2.28. The fourth-order valence-corrected chi connectivity index (χ4v) is 13.3. The molecule has 1 saturated heterocycles. The van der Waals surface area contributed by atoms with Gasteiger partial charge < -0.3 is 92.1 Å². The van der Waals surface area contributed by atoms with Gasteiger partial charge in [-0.1, -0.05) is 109 Å². The van der Waals surface area contributed by atoms with E-state index in [9.17, 15) is 63.0 Å². The van der Waals surface area contributed by atoms with E-state index in [0.717, 1.165) is 0 Å². The Hall–Kier alpha value is -11.0. The van der Waals surface area contributed by atoms with Gasteiger partial charge >= 0.3 is 5.97 Å². The molecule has 116 heavy (non-hydrogen) atoms. The number of nitrogens with one attached hydrogen (secondary N) is 7. The van der Waals surface area contributed by atoms with Crippen LogP contribution in [0, 0.1) is 41.4 Å². The monoisotopic (exact) mass is 1620 g/mol. The quantitative estimate of drug-likeness (QED) is 0.0161. The highest BCUT2D eigenvalue weighted by atomic mass is 16.7. The number of carbonyl (C=O) groups excluding carboxylic acids is 15. The molecule has 2 heterocycles. The van der Waals surface area contributed by atoms with Gasteiger partial charge in [0, 0.05) is 125 Å². The lowest BCUT2D eigenvalue weighted by molar-refractivity contribution is -0.197. The number of nitrogens with zero attached hydrogens (tertiary/aromatic N) is 4. The van der Waals surface area contributed by atoms with Gasteiger partial charge in [-0.2, -0.15) is 0 Å². The highest BCUT2D eigenvalue weighted by Gasteiger charge is 2.39. The van der Waals surface area contributed by atoms with Crippen LogP contribution in [0.15, 0.2) is 75.8 Å². The number of fused-ring (bicyclic) bond motifs is 1. The number of guanidine groups is 3. The minimum Gasteiger partial charge on any atom is -0.396 e. The number of hydroxylamine groups is 2. The molecule has 0 saturated carbocycles. The van der Waals surface area contributed by atoms with Crippen molar-refractivity contribution in [3.63, 3.8) is 0 Å². The maximum atomic E-state index is 15.2. The Morgan fingerprint density at radius 2 is 0.983 bits per heavy atom. The van der Waals surface area contributed by atoms with E-state index in [4.69, 9.17) is 45.0 Å². The maximum Gasteiger partial charge on any atom is 0.333 e. The van der Waals surface area contributed by atoms with Crippen molar-refractivity contribution in [2.24, 2.45) is 96.5 Å². The van der Waals surface area contributed by atoms with Crippen molar-refractivity contribution in [3.05, 3.63) is 71.9 Å². The van der Waals surface area contributed by atoms with E-state index in [-0.39, 0.29) is 127 Å². The molecule has 0 aliphatic carbocycles. The number of aliphatic hydroxyl groups excluding tert-OH is 2. The Kier molecular flexibility index (Phi) is 42.8. The lowest BCUT2D eigenvalue weighted by Crippen LogP contribution is -2.54. The van der Waals surface area contributed by atoms with E-state index in [0.29, 0.717) is 59.2 Å². The smallest absolute Gasteiger partial charge is 0.333 e. The Bertz CT molecular complexity index is 3890. The summed E-state index contributed by atoms with van der Waals surface area (Å²) in [6.45, 7) is 8.96. The van der Waals surface area contributed by atoms with Crippen molar-refractivity contribution < 1.29 is 87.0 Å². The van der Waals surface area contributed by atoms with E-state index in [1.807, 2.05) is 26.0 Å². The molecule has 0 unspecified atom stereocenters. The molecule has 1 aliphatic rings. The number of aliphatic imine (C=N–C) groups is 3. The summed E-state index contributed by atoms with van der Waals surface area (Å²) in [5, 5.41) is 37.9. The second kappa shape index (κ2) is 51.0. The summed E-state index contributed by atoms with van der Waals surface area (Å²) in [5.41, 5.74) is 41.3. The lowest BCUT2D eigenvalue weighted by atomic mass is 9.87. The van der Waals surface area contributed by atoms with Gasteiger partial charge in [0.2, 0.25) is 41.4 Å². The number of benzene rings is 2. The number of aliphatic hydroxyl groups is 2. The van der Waals surface area contributed by atoms with E-state index < -0.39 is 212 Å². The van der Waals surface area contributed by atoms with Crippen molar-refractivity contribution in [1.82, 2.24) is 41.9 Å². The molecule has 36 heteroatoms. The number of aromatic nitrogens is 1. The van der Waals surface area contributed by atoms with E-state index in [1.54, 1.807) is 76.4 Å². The van der Waals surface area contributed by atoms with Crippen LogP contribution < -0.4 is 72.0 Å². The fraction of sp³-hybridized carbons (Fsp3) is 0.600. The summed E-state index contributed by atoms with van der Waals surface area (Å²) < 4.78 is 0. The van der Waals surface area contributed by atoms with Crippen LogP contribution in [0.25, 0.3) is 10.9 Å². The molecule has 11 atom stereocenters. The molecule has 1 aromatic heterocycles. The van der Waals surface area contributed by atoms with Crippen molar-refractivity contribution in [1.29, 1.82) is 0 Å². The number of unbranched alkanes of at least 4 members (excludes halogenated alkanes) is 3. The van der Waals surface area contributed by atoms with Gasteiger partial charge in [-0.15, -0.1) is 5.06 Å².